The van der Waals surface area contributed by atoms with Gasteiger partial charge in [-0.1, -0.05) is 26.8 Å². The Bertz CT molecular complexity index is 736. The second-order valence-corrected chi connectivity index (χ2v) is 7.83. The summed E-state index contributed by atoms with van der Waals surface area (Å²) in [4.78, 5) is 12.0. The van der Waals surface area contributed by atoms with Crippen molar-refractivity contribution in [3.8, 4) is 0 Å². The molecular formula is C15H20N2O5S. The van der Waals surface area contributed by atoms with Gasteiger partial charge in [-0.25, -0.2) is 13.6 Å². The van der Waals surface area contributed by atoms with E-state index in [0.29, 0.717) is 24.2 Å². The van der Waals surface area contributed by atoms with E-state index in [0.717, 1.165) is 0 Å². The van der Waals surface area contributed by atoms with Crippen molar-refractivity contribution in [3.05, 3.63) is 46.8 Å². The van der Waals surface area contributed by atoms with E-state index >= 15 is 0 Å². The summed E-state index contributed by atoms with van der Waals surface area (Å²) in [6, 6.07) is 0. The van der Waals surface area contributed by atoms with Gasteiger partial charge in [-0.3, -0.25) is 10.1 Å². The van der Waals surface area contributed by atoms with Crippen molar-refractivity contribution in [2.24, 2.45) is 10.6 Å². The molecule has 0 radical (unpaired) electrons. The minimum atomic E-state index is -3.77. The number of hydrogen-bond acceptors (Lipinski definition) is 5. The highest BCUT2D eigenvalue weighted by Crippen LogP contribution is 2.29. The topological polar surface area (TPSA) is 108 Å². The fourth-order valence-corrected chi connectivity index (χ4v) is 2.54. The minimum Gasteiger partial charge on any atom is -0.463 e. The molecule has 7 nitrogen and oxygen atoms in total. The Morgan fingerprint density at radius 1 is 1.30 bits per heavy atom. The Morgan fingerprint density at radius 3 is 2.61 bits per heavy atom. The number of rotatable bonds is 3. The average Bonchev–Trinajstić information content (AvgIpc) is 2.46. The van der Waals surface area contributed by atoms with Crippen LogP contribution in [0.2, 0.25) is 0 Å². The number of sulfonamides is 1. The van der Waals surface area contributed by atoms with Gasteiger partial charge in [-0.05, 0) is 24.5 Å². The zero-order chi connectivity index (χ0) is 17.3. The molecule has 2 rings (SSSR count). The zero-order valence-corrected chi connectivity index (χ0v) is 14.1. The predicted octanol–water partition coefficient (Wildman–Crippen LogP) is 1.73. The fraction of sp³-hybridized carbons (Fsp3) is 0.400. The summed E-state index contributed by atoms with van der Waals surface area (Å²) < 4.78 is 33.6. The van der Waals surface area contributed by atoms with Crippen LogP contribution in [0.15, 0.2) is 46.8 Å². The molecule has 0 atom stereocenters. The molecule has 1 heterocycles. The number of amides is 1. The summed E-state index contributed by atoms with van der Waals surface area (Å²) in [6.45, 7) is 5.32. The fourth-order valence-electron chi connectivity index (χ4n) is 1.89. The van der Waals surface area contributed by atoms with E-state index in [1.165, 1.54) is 18.6 Å². The molecule has 0 spiro atoms. The number of carbonyl (C=O) groups excluding carboxylic acids is 1. The average molecular weight is 340 g/mol. The molecule has 2 aliphatic rings. The number of primary sulfonamides is 1. The van der Waals surface area contributed by atoms with Gasteiger partial charge in [0.15, 0.2) is 12.0 Å². The smallest absolute Gasteiger partial charge is 0.237 e. The third-order valence-corrected chi connectivity index (χ3v) is 4.15. The second-order valence-electron chi connectivity index (χ2n) is 6.27. The molecule has 1 aliphatic carbocycles. The molecular weight excluding hydrogens is 320 g/mol. The van der Waals surface area contributed by atoms with Gasteiger partial charge in [0.05, 0.1) is 4.91 Å². The molecule has 126 valence electrons. The molecule has 0 saturated heterocycles. The van der Waals surface area contributed by atoms with Crippen molar-refractivity contribution in [2.45, 2.75) is 33.6 Å². The maximum Gasteiger partial charge on any atom is 0.237 e. The Balaban J connectivity index is 2.12. The van der Waals surface area contributed by atoms with Crippen molar-refractivity contribution >= 4 is 15.9 Å². The Kier molecular flexibility index (Phi) is 4.67. The summed E-state index contributed by atoms with van der Waals surface area (Å²) >= 11 is 0. The molecule has 1 aliphatic heterocycles. The minimum absolute atomic E-state index is 0.0399. The highest BCUT2D eigenvalue weighted by atomic mass is 32.2. The van der Waals surface area contributed by atoms with Crippen molar-refractivity contribution in [3.63, 3.8) is 0 Å². The van der Waals surface area contributed by atoms with E-state index in [-0.39, 0.29) is 16.7 Å². The van der Waals surface area contributed by atoms with Gasteiger partial charge in [0, 0.05) is 5.41 Å². The first kappa shape index (κ1) is 17.3. The molecule has 0 fully saturated rings. The summed E-state index contributed by atoms with van der Waals surface area (Å²) in [5, 5.41) is 7.76. The molecule has 23 heavy (non-hydrogen) atoms. The van der Waals surface area contributed by atoms with Gasteiger partial charge < -0.3 is 9.47 Å². The lowest BCUT2D eigenvalue weighted by atomic mass is 9.96. The van der Waals surface area contributed by atoms with Crippen LogP contribution in [-0.2, 0) is 24.3 Å². The van der Waals surface area contributed by atoms with Gasteiger partial charge in [-0.2, -0.15) is 0 Å². The quantitative estimate of drug-likeness (QED) is 0.813. The Labute approximate surface area is 135 Å². The highest BCUT2D eigenvalue weighted by molar-refractivity contribution is 7.93. The van der Waals surface area contributed by atoms with E-state index in [2.05, 4.69) is 5.32 Å². The highest BCUT2D eigenvalue weighted by Gasteiger charge is 2.25. The molecule has 0 saturated carbocycles. The van der Waals surface area contributed by atoms with Crippen LogP contribution in [0.4, 0.5) is 0 Å². The first-order valence-electron chi connectivity index (χ1n) is 7.06. The monoisotopic (exact) mass is 340 g/mol. The molecule has 0 unspecified atom stereocenters. The predicted molar refractivity (Wildman–Crippen MR) is 84.4 cm³/mol. The molecule has 8 heteroatoms. The van der Waals surface area contributed by atoms with Crippen molar-refractivity contribution in [1.82, 2.24) is 5.32 Å². The molecule has 1 amide bonds. The Hall–Kier alpha value is -2.06. The zero-order valence-electron chi connectivity index (χ0n) is 13.3. The van der Waals surface area contributed by atoms with Crippen LogP contribution < -0.4 is 10.5 Å². The van der Waals surface area contributed by atoms with Gasteiger partial charge in [0.1, 0.15) is 6.26 Å². The number of allylic oxidation sites excluding steroid dienone is 3. The van der Waals surface area contributed by atoms with Crippen LogP contribution in [0.3, 0.4) is 0 Å². The van der Waals surface area contributed by atoms with Crippen LogP contribution >= 0.6 is 0 Å². The van der Waals surface area contributed by atoms with Crippen molar-refractivity contribution < 1.29 is 22.7 Å². The van der Waals surface area contributed by atoms with Crippen LogP contribution in [0.1, 0.15) is 33.6 Å². The summed E-state index contributed by atoms with van der Waals surface area (Å²) in [7, 11) is -3.77. The number of hydrogen-bond donors (Lipinski definition) is 2. The van der Waals surface area contributed by atoms with Crippen LogP contribution in [0, 0.1) is 5.41 Å². The summed E-state index contributed by atoms with van der Waals surface area (Å²) in [6.07, 6.45) is 6.72. The van der Waals surface area contributed by atoms with Gasteiger partial charge >= 0.3 is 0 Å². The standard InChI is InChI=1S/C15H20N2O5S/c1-15(2,3)14(18)17-13-9-21-8-12(22-13)10-5-4-6-11(7-10)23(16,19)20/h6-9H,4-5H2,1-3H3,(H,17,18)(H2,16,19,20). The maximum absolute atomic E-state index is 12.0. The van der Waals surface area contributed by atoms with Gasteiger partial charge in [0.25, 0.3) is 0 Å². The van der Waals surface area contributed by atoms with E-state index in [4.69, 9.17) is 14.6 Å². The lowest BCUT2D eigenvalue weighted by Gasteiger charge is -2.23. The molecule has 0 aromatic carbocycles. The molecule has 3 N–H and O–H groups in total. The first-order chi connectivity index (χ1) is 10.6. The van der Waals surface area contributed by atoms with E-state index < -0.39 is 15.4 Å². The molecule has 0 bridgehead atoms. The Morgan fingerprint density at radius 2 is 2.00 bits per heavy atom. The van der Waals surface area contributed by atoms with E-state index in [1.807, 2.05) is 0 Å². The number of nitrogens with one attached hydrogen (secondary N) is 1. The lowest BCUT2D eigenvalue weighted by molar-refractivity contribution is -0.128. The van der Waals surface area contributed by atoms with Crippen molar-refractivity contribution in [2.75, 3.05) is 0 Å². The normalized spacial score (nSPS) is 18.6. The molecule has 0 aromatic heterocycles. The van der Waals surface area contributed by atoms with Crippen LogP contribution in [0.25, 0.3) is 0 Å². The molecule has 0 aromatic rings. The van der Waals surface area contributed by atoms with Crippen molar-refractivity contribution in [1.29, 1.82) is 0 Å². The summed E-state index contributed by atoms with van der Waals surface area (Å²) in [5.41, 5.74) is 0.0474. The van der Waals surface area contributed by atoms with Crippen LogP contribution in [-0.4, -0.2) is 14.3 Å². The largest absolute Gasteiger partial charge is 0.463 e. The third kappa shape index (κ3) is 4.46. The van der Waals surface area contributed by atoms with Gasteiger partial charge in [0.2, 0.25) is 21.8 Å². The maximum atomic E-state index is 12.0. The SMILES string of the molecule is CC(C)(C)C(=O)NC1=COC=C(C2=CC(S(N)(=O)=O)=CCC2)O1. The number of ether oxygens (including phenoxy) is 2. The third-order valence-electron chi connectivity index (χ3n) is 3.21. The first-order valence-corrected chi connectivity index (χ1v) is 8.61. The number of nitrogens with two attached hydrogens (primary N) is 1. The van der Waals surface area contributed by atoms with E-state index in [9.17, 15) is 13.2 Å². The van der Waals surface area contributed by atoms with Crippen LogP contribution in [0.5, 0.6) is 0 Å². The van der Waals surface area contributed by atoms with Gasteiger partial charge in [-0.15, -0.1) is 0 Å². The number of carbonyl (C=O) groups is 1. The van der Waals surface area contributed by atoms with E-state index in [1.54, 1.807) is 26.8 Å². The summed E-state index contributed by atoms with van der Waals surface area (Å²) in [5.74, 6) is 0.261. The lowest BCUT2D eigenvalue weighted by Crippen LogP contribution is -2.35. The second kappa shape index (κ2) is 6.21.